The first-order chi connectivity index (χ1) is 11.9. The third-order valence-corrected chi connectivity index (χ3v) is 3.86. The number of furan rings is 1. The Kier molecular flexibility index (Phi) is 6.61. The number of aryl methyl sites for hydroxylation is 1. The molecule has 1 amide bonds. The molecule has 0 atom stereocenters. The van der Waals surface area contributed by atoms with E-state index in [0.717, 1.165) is 0 Å². The summed E-state index contributed by atoms with van der Waals surface area (Å²) in [6, 6.07) is 8.68. The van der Waals surface area contributed by atoms with Crippen molar-refractivity contribution in [2.24, 2.45) is 0 Å². The van der Waals surface area contributed by atoms with Crippen LogP contribution in [0.5, 0.6) is 0 Å². The SMILES string of the molecule is COC(=O)c1cc(CN(C)CCC(=O)Nc2cccc(Cl)c2)oc1C. The average Bonchev–Trinajstić information content (AvgIpc) is 2.92. The van der Waals surface area contributed by atoms with Crippen molar-refractivity contribution in [3.8, 4) is 0 Å². The Balaban J connectivity index is 1.83. The number of hydrogen-bond acceptors (Lipinski definition) is 5. The first-order valence-corrected chi connectivity index (χ1v) is 8.18. The lowest BCUT2D eigenvalue weighted by atomic mass is 10.2. The quantitative estimate of drug-likeness (QED) is 0.761. The summed E-state index contributed by atoms with van der Waals surface area (Å²) in [6.07, 6.45) is 0.326. The van der Waals surface area contributed by atoms with E-state index in [4.69, 9.17) is 20.8 Å². The Morgan fingerprint density at radius 3 is 2.76 bits per heavy atom. The van der Waals surface area contributed by atoms with E-state index < -0.39 is 5.97 Å². The van der Waals surface area contributed by atoms with Crippen molar-refractivity contribution in [3.05, 3.63) is 52.4 Å². The van der Waals surface area contributed by atoms with Crippen LogP contribution in [0.2, 0.25) is 5.02 Å². The highest BCUT2D eigenvalue weighted by Crippen LogP contribution is 2.17. The van der Waals surface area contributed by atoms with E-state index in [0.29, 0.717) is 47.3 Å². The van der Waals surface area contributed by atoms with Crippen LogP contribution < -0.4 is 5.32 Å². The Labute approximate surface area is 151 Å². The fourth-order valence-corrected chi connectivity index (χ4v) is 2.55. The van der Waals surface area contributed by atoms with Gasteiger partial charge in [0.2, 0.25) is 5.91 Å². The molecule has 1 aromatic heterocycles. The third-order valence-electron chi connectivity index (χ3n) is 3.63. The molecule has 6 nitrogen and oxygen atoms in total. The molecule has 2 aromatic rings. The van der Waals surface area contributed by atoms with Crippen LogP contribution in [-0.4, -0.2) is 37.5 Å². The second kappa shape index (κ2) is 8.69. The van der Waals surface area contributed by atoms with Gasteiger partial charge in [-0.15, -0.1) is 0 Å². The van der Waals surface area contributed by atoms with Crippen molar-refractivity contribution >= 4 is 29.2 Å². The van der Waals surface area contributed by atoms with Gasteiger partial charge in [-0.05, 0) is 38.2 Å². The van der Waals surface area contributed by atoms with Gasteiger partial charge >= 0.3 is 5.97 Å². The highest BCUT2D eigenvalue weighted by Gasteiger charge is 2.16. The van der Waals surface area contributed by atoms with Crippen molar-refractivity contribution in [2.75, 3.05) is 26.0 Å². The van der Waals surface area contributed by atoms with E-state index in [9.17, 15) is 9.59 Å². The number of carbonyl (C=O) groups excluding carboxylic acids is 2. The molecule has 0 saturated carbocycles. The molecule has 0 unspecified atom stereocenters. The molecule has 7 heteroatoms. The number of rotatable bonds is 7. The molecule has 1 N–H and O–H groups in total. The normalized spacial score (nSPS) is 10.8. The zero-order valence-corrected chi connectivity index (χ0v) is 15.2. The highest BCUT2D eigenvalue weighted by molar-refractivity contribution is 6.30. The molecule has 0 fully saturated rings. The van der Waals surface area contributed by atoms with Crippen LogP contribution in [-0.2, 0) is 16.1 Å². The van der Waals surface area contributed by atoms with Gasteiger partial charge in [0, 0.05) is 23.7 Å². The third kappa shape index (κ3) is 5.62. The highest BCUT2D eigenvalue weighted by atomic mass is 35.5. The number of halogens is 1. The maximum absolute atomic E-state index is 12.0. The molecular weight excluding hydrogens is 344 g/mol. The molecule has 1 heterocycles. The van der Waals surface area contributed by atoms with Crippen LogP contribution in [0, 0.1) is 6.92 Å². The largest absolute Gasteiger partial charge is 0.465 e. The van der Waals surface area contributed by atoms with E-state index in [1.54, 1.807) is 37.3 Å². The lowest BCUT2D eigenvalue weighted by molar-refractivity contribution is -0.116. The summed E-state index contributed by atoms with van der Waals surface area (Å²) in [7, 11) is 3.21. The second-order valence-corrected chi connectivity index (χ2v) is 6.16. The molecular formula is C18H21ClN2O4. The zero-order chi connectivity index (χ0) is 18.4. The molecule has 0 spiro atoms. The number of benzene rings is 1. The van der Waals surface area contributed by atoms with Gasteiger partial charge in [-0.25, -0.2) is 4.79 Å². The van der Waals surface area contributed by atoms with Crippen molar-refractivity contribution < 1.29 is 18.7 Å². The van der Waals surface area contributed by atoms with Crippen LogP contribution >= 0.6 is 11.6 Å². The van der Waals surface area contributed by atoms with Gasteiger partial charge in [0.05, 0.1) is 13.7 Å². The predicted octanol–water partition coefficient (Wildman–Crippen LogP) is 3.49. The number of hydrogen-bond donors (Lipinski definition) is 1. The lowest BCUT2D eigenvalue weighted by Gasteiger charge is -2.14. The number of esters is 1. The van der Waals surface area contributed by atoms with E-state index in [1.165, 1.54) is 7.11 Å². The minimum Gasteiger partial charge on any atom is -0.465 e. The molecule has 0 aliphatic rings. The molecule has 2 rings (SSSR count). The number of anilines is 1. The number of amides is 1. The molecule has 0 aliphatic carbocycles. The van der Waals surface area contributed by atoms with E-state index in [-0.39, 0.29) is 5.91 Å². The van der Waals surface area contributed by atoms with Gasteiger partial charge in [0.1, 0.15) is 17.1 Å². The molecule has 25 heavy (non-hydrogen) atoms. The molecule has 134 valence electrons. The number of nitrogens with zero attached hydrogens (tertiary/aromatic N) is 1. The Morgan fingerprint density at radius 1 is 1.32 bits per heavy atom. The molecule has 0 bridgehead atoms. The van der Waals surface area contributed by atoms with Crippen molar-refractivity contribution in [2.45, 2.75) is 19.9 Å². The standard InChI is InChI=1S/C18H21ClN2O4/c1-12-16(18(23)24-3)10-15(25-12)11-21(2)8-7-17(22)20-14-6-4-5-13(19)9-14/h4-6,9-10H,7-8,11H2,1-3H3,(H,20,22). The van der Waals surface area contributed by atoms with Gasteiger partial charge < -0.3 is 14.5 Å². The van der Waals surface area contributed by atoms with E-state index in [1.807, 2.05) is 11.9 Å². The predicted molar refractivity (Wildman–Crippen MR) is 95.8 cm³/mol. The van der Waals surface area contributed by atoms with Crippen LogP contribution in [0.1, 0.15) is 28.3 Å². The van der Waals surface area contributed by atoms with Crippen LogP contribution in [0.3, 0.4) is 0 Å². The van der Waals surface area contributed by atoms with Crippen molar-refractivity contribution in [1.82, 2.24) is 4.90 Å². The summed E-state index contributed by atoms with van der Waals surface area (Å²) in [5.41, 5.74) is 1.09. The monoisotopic (exact) mass is 364 g/mol. The fraction of sp³-hybridized carbons (Fsp3) is 0.333. The average molecular weight is 365 g/mol. The number of carbonyl (C=O) groups is 2. The molecule has 0 saturated heterocycles. The minimum atomic E-state index is -0.420. The van der Waals surface area contributed by atoms with Crippen molar-refractivity contribution in [3.63, 3.8) is 0 Å². The summed E-state index contributed by atoms with van der Waals surface area (Å²) in [5, 5.41) is 3.38. The minimum absolute atomic E-state index is 0.0972. The summed E-state index contributed by atoms with van der Waals surface area (Å²) < 4.78 is 10.3. The maximum Gasteiger partial charge on any atom is 0.341 e. The Hall–Kier alpha value is -2.31. The smallest absolute Gasteiger partial charge is 0.341 e. The van der Waals surface area contributed by atoms with Gasteiger partial charge in [-0.3, -0.25) is 9.69 Å². The lowest BCUT2D eigenvalue weighted by Crippen LogP contribution is -2.23. The summed E-state index contributed by atoms with van der Waals surface area (Å²) in [5.74, 6) is 0.653. The summed E-state index contributed by atoms with van der Waals surface area (Å²) in [6.45, 7) is 2.75. The number of methoxy groups -OCH3 is 1. The topological polar surface area (TPSA) is 71.8 Å². The summed E-state index contributed by atoms with van der Waals surface area (Å²) in [4.78, 5) is 25.5. The zero-order valence-electron chi connectivity index (χ0n) is 14.5. The van der Waals surface area contributed by atoms with E-state index >= 15 is 0 Å². The first-order valence-electron chi connectivity index (χ1n) is 7.80. The van der Waals surface area contributed by atoms with Crippen LogP contribution in [0.4, 0.5) is 5.69 Å². The van der Waals surface area contributed by atoms with E-state index in [2.05, 4.69) is 5.32 Å². The van der Waals surface area contributed by atoms with Crippen LogP contribution in [0.25, 0.3) is 0 Å². The second-order valence-electron chi connectivity index (χ2n) is 5.72. The number of ether oxygens (including phenoxy) is 1. The molecule has 1 aromatic carbocycles. The maximum atomic E-state index is 12.0. The van der Waals surface area contributed by atoms with Gasteiger partial charge in [-0.2, -0.15) is 0 Å². The molecule has 0 aliphatic heterocycles. The first kappa shape index (κ1) is 19.0. The van der Waals surface area contributed by atoms with Gasteiger partial charge in [0.25, 0.3) is 0 Å². The van der Waals surface area contributed by atoms with Gasteiger partial charge in [0.15, 0.2) is 0 Å². The van der Waals surface area contributed by atoms with Gasteiger partial charge in [-0.1, -0.05) is 17.7 Å². The molecule has 0 radical (unpaired) electrons. The Morgan fingerprint density at radius 2 is 2.08 bits per heavy atom. The van der Waals surface area contributed by atoms with Crippen molar-refractivity contribution in [1.29, 1.82) is 0 Å². The number of nitrogens with one attached hydrogen (secondary N) is 1. The fourth-order valence-electron chi connectivity index (χ4n) is 2.36. The Bertz CT molecular complexity index is 757. The van der Waals surface area contributed by atoms with Crippen LogP contribution in [0.15, 0.2) is 34.7 Å². The summed E-state index contributed by atoms with van der Waals surface area (Å²) >= 11 is 5.89.